The van der Waals surface area contributed by atoms with Gasteiger partial charge in [0.15, 0.2) is 11.0 Å². The zero-order valence-electron chi connectivity index (χ0n) is 18.6. The smallest absolute Gasteiger partial charge is 0.233 e. The molecule has 0 aliphatic carbocycles. The maximum Gasteiger partial charge on any atom is 0.233 e. The second kappa shape index (κ2) is 10.5. The molecule has 0 spiro atoms. The van der Waals surface area contributed by atoms with Gasteiger partial charge in [-0.25, -0.2) is 4.39 Å². The van der Waals surface area contributed by atoms with Crippen LogP contribution in [-0.4, -0.2) is 38.4 Å². The second-order valence-electron chi connectivity index (χ2n) is 7.72. The molecule has 2 aromatic carbocycles. The molecular weight excluding hydrogens is 439 g/mol. The van der Waals surface area contributed by atoms with Crippen molar-refractivity contribution < 1.29 is 13.6 Å². The molecule has 4 aromatic rings. The van der Waals surface area contributed by atoms with Crippen LogP contribution >= 0.6 is 11.8 Å². The van der Waals surface area contributed by atoms with Crippen molar-refractivity contribution >= 4 is 17.7 Å². The van der Waals surface area contributed by atoms with Gasteiger partial charge >= 0.3 is 0 Å². The van der Waals surface area contributed by atoms with Crippen LogP contribution in [0.1, 0.15) is 17.1 Å². The summed E-state index contributed by atoms with van der Waals surface area (Å²) in [5.41, 5.74) is 1.55. The number of carbonyl (C=O) groups excluding carboxylic acids is 1. The SMILES string of the molecule is Cc1ccc(CN(C)C(=O)CSc2nnc(-c3ccccc3F)n2CCc2ccccc2)o1. The highest BCUT2D eigenvalue weighted by Gasteiger charge is 2.19. The molecule has 2 aromatic heterocycles. The Morgan fingerprint density at radius 3 is 2.55 bits per heavy atom. The highest BCUT2D eigenvalue weighted by Crippen LogP contribution is 2.26. The zero-order chi connectivity index (χ0) is 23.2. The lowest BCUT2D eigenvalue weighted by Crippen LogP contribution is -2.27. The normalized spacial score (nSPS) is 11.0. The maximum absolute atomic E-state index is 14.5. The van der Waals surface area contributed by atoms with Crippen molar-refractivity contribution in [2.24, 2.45) is 0 Å². The summed E-state index contributed by atoms with van der Waals surface area (Å²) in [5.74, 6) is 1.79. The minimum atomic E-state index is -0.355. The summed E-state index contributed by atoms with van der Waals surface area (Å²) in [6, 6.07) is 20.3. The number of hydrogen-bond donors (Lipinski definition) is 0. The number of hydrogen-bond acceptors (Lipinski definition) is 5. The monoisotopic (exact) mass is 464 g/mol. The number of thioether (sulfide) groups is 1. The number of aromatic nitrogens is 3. The van der Waals surface area contributed by atoms with Crippen LogP contribution in [0, 0.1) is 12.7 Å². The van der Waals surface area contributed by atoms with E-state index in [0.29, 0.717) is 29.6 Å². The van der Waals surface area contributed by atoms with Crippen molar-refractivity contribution in [1.29, 1.82) is 0 Å². The molecule has 0 saturated heterocycles. The Kier molecular flexibility index (Phi) is 7.24. The van der Waals surface area contributed by atoms with E-state index in [4.69, 9.17) is 4.42 Å². The van der Waals surface area contributed by atoms with Crippen molar-refractivity contribution in [2.75, 3.05) is 12.8 Å². The Balaban J connectivity index is 1.50. The third-order valence-corrected chi connectivity index (χ3v) is 6.19. The van der Waals surface area contributed by atoms with Gasteiger partial charge in [-0.05, 0) is 43.2 Å². The average molecular weight is 465 g/mol. The molecule has 0 N–H and O–H groups in total. The van der Waals surface area contributed by atoms with Gasteiger partial charge in [-0.2, -0.15) is 0 Å². The van der Waals surface area contributed by atoms with E-state index in [1.54, 1.807) is 30.1 Å². The molecule has 1 amide bonds. The van der Waals surface area contributed by atoms with Crippen molar-refractivity contribution in [3.8, 4) is 11.4 Å². The average Bonchev–Trinajstić information content (AvgIpc) is 3.42. The van der Waals surface area contributed by atoms with Gasteiger partial charge in [0.2, 0.25) is 5.91 Å². The van der Waals surface area contributed by atoms with Crippen LogP contribution in [0.5, 0.6) is 0 Å². The molecule has 0 unspecified atom stereocenters. The van der Waals surface area contributed by atoms with E-state index in [0.717, 1.165) is 23.5 Å². The first-order valence-electron chi connectivity index (χ1n) is 10.7. The Morgan fingerprint density at radius 2 is 1.82 bits per heavy atom. The fourth-order valence-electron chi connectivity index (χ4n) is 3.45. The molecule has 0 fully saturated rings. The number of carbonyl (C=O) groups is 1. The van der Waals surface area contributed by atoms with E-state index in [9.17, 15) is 9.18 Å². The second-order valence-corrected chi connectivity index (χ2v) is 8.67. The Labute approximate surface area is 196 Å². The lowest BCUT2D eigenvalue weighted by molar-refractivity contribution is -0.127. The van der Waals surface area contributed by atoms with Gasteiger partial charge in [0.25, 0.3) is 0 Å². The van der Waals surface area contributed by atoms with E-state index in [2.05, 4.69) is 22.3 Å². The lowest BCUT2D eigenvalue weighted by Gasteiger charge is -2.16. The van der Waals surface area contributed by atoms with E-state index in [-0.39, 0.29) is 17.5 Å². The summed E-state index contributed by atoms with van der Waals surface area (Å²) < 4.78 is 21.9. The van der Waals surface area contributed by atoms with Crippen LogP contribution in [0.3, 0.4) is 0 Å². The number of rotatable bonds is 9. The fraction of sp³-hybridized carbons (Fsp3) is 0.240. The minimum Gasteiger partial charge on any atom is -0.464 e. The zero-order valence-corrected chi connectivity index (χ0v) is 19.4. The van der Waals surface area contributed by atoms with Crippen LogP contribution in [0.2, 0.25) is 0 Å². The molecule has 0 atom stereocenters. The first-order valence-corrected chi connectivity index (χ1v) is 11.6. The molecular formula is C25H25FN4O2S. The molecule has 4 rings (SSSR count). The molecule has 0 aliphatic rings. The molecule has 170 valence electrons. The maximum atomic E-state index is 14.5. The van der Waals surface area contributed by atoms with Gasteiger partial charge in [0, 0.05) is 13.6 Å². The van der Waals surface area contributed by atoms with E-state index >= 15 is 0 Å². The number of furan rings is 1. The van der Waals surface area contributed by atoms with Gasteiger partial charge in [0.05, 0.1) is 17.9 Å². The summed E-state index contributed by atoms with van der Waals surface area (Å²) in [5, 5.41) is 9.13. The molecule has 0 radical (unpaired) electrons. The lowest BCUT2D eigenvalue weighted by atomic mass is 10.1. The largest absolute Gasteiger partial charge is 0.464 e. The number of aryl methyl sites for hydroxylation is 2. The fourth-order valence-corrected chi connectivity index (χ4v) is 4.36. The Hall–Kier alpha value is -3.39. The van der Waals surface area contributed by atoms with Crippen LogP contribution in [0.15, 0.2) is 76.3 Å². The van der Waals surface area contributed by atoms with Crippen LogP contribution in [-0.2, 0) is 24.3 Å². The third kappa shape index (κ3) is 5.70. The highest BCUT2D eigenvalue weighted by molar-refractivity contribution is 7.99. The van der Waals surface area contributed by atoms with Gasteiger partial charge < -0.3 is 13.9 Å². The first-order chi connectivity index (χ1) is 16.0. The van der Waals surface area contributed by atoms with Crippen molar-refractivity contribution in [3.05, 3.63) is 89.6 Å². The summed E-state index contributed by atoms with van der Waals surface area (Å²) in [6.07, 6.45) is 0.736. The summed E-state index contributed by atoms with van der Waals surface area (Å²) in [4.78, 5) is 14.3. The molecule has 8 heteroatoms. The van der Waals surface area contributed by atoms with Crippen LogP contribution in [0.25, 0.3) is 11.4 Å². The molecule has 0 aliphatic heterocycles. The predicted octanol–water partition coefficient (Wildman–Crippen LogP) is 4.98. The van der Waals surface area contributed by atoms with Crippen LogP contribution in [0.4, 0.5) is 4.39 Å². The van der Waals surface area contributed by atoms with Gasteiger partial charge in [-0.15, -0.1) is 10.2 Å². The van der Waals surface area contributed by atoms with Gasteiger partial charge in [-0.3, -0.25) is 4.79 Å². The van der Waals surface area contributed by atoms with Crippen LogP contribution < -0.4 is 0 Å². The third-order valence-electron chi connectivity index (χ3n) is 5.24. The van der Waals surface area contributed by atoms with Gasteiger partial charge in [0.1, 0.15) is 17.3 Å². The number of halogens is 1. The van der Waals surface area contributed by atoms with Crippen molar-refractivity contribution in [3.63, 3.8) is 0 Å². The van der Waals surface area contributed by atoms with Crippen molar-refractivity contribution in [2.45, 2.75) is 31.6 Å². The molecule has 0 saturated carbocycles. The van der Waals surface area contributed by atoms with E-state index in [1.807, 2.05) is 41.8 Å². The molecule has 6 nitrogen and oxygen atoms in total. The van der Waals surface area contributed by atoms with Gasteiger partial charge in [-0.1, -0.05) is 54.2 Å². The Morgan fingerprint density at radius 1 is 1.06 bits per heavy atom. The standard InChI is InChI=1S/C25H25FN4O2S/c1-18-12-13-20(32-18)16-29(2)23(31)17-33-25-28-27-24(21-10-6-7-11-22(21)26)30(25)15-14-19-8-4-3-5-9-19/h3-13H,14-17H2,1-2H3. The predicted molar refractivity (Wildman–Crippen MR) is 126 cm³/mol. The summed E-state index contributed by atoms with van der Waals surface area (Å²) in [7, 11) is 1.74. The van der Waals surface area contributed by atoms with Crippen molar-refractivity contribution in [1.82, 2.24) is 19.7 Å². The number of amides is 1. The topological polar surface area (TPSA) is 64.2 Å². The first kappa shape index (κ1) is 22.8. The molecule has 2 heterocycles. The quantitative estimate of drug-likeness (QED) is 0.327. The summed E-state index contributed by atoms with van der Waals surface area (Å²) in [6.45, 7) is 2.84. The number of nitrogens with zero attached hydrogens (tertiary/aromatic N) is 4. The molecule has 33 heavy (non-hydrogen) atoms. The van der Waals surface area contributed by atoms with E-state index in [1.165, 1.54) is 17.8 Å². The Bertz CT molecular complexity index is 1220. The summed E-state index contributed by atoms with van der Waals surface area (Å²) >= 11 is 1.30. The highest BCUT2D eigenvalue weighted by atomic mass is 32.2. The number of benzene rings is 2. The minimum absolute atomic E-state index is 0.0564. The molecule has 0 bridgehead atoms. The van der Waals surface area contributed by atoms with E-state index < -0.39 is 0 Å².